The van der Waals surface area contributed by atoms with Crippen LogP contribution in [0.1, 0.15) is 5.56 Å². The Kier molecular flexibility index (Phi) is 3.55. The lowest BCUT2D eigenvalue weighted by Crippen LogP contribution is -2.17. The van der Waals surface area contributed by atoms with Gasteiger partial charge in [-0.2, -0.15) is 10.1 Å². The van der Waals surface area contributed by atoms with Gasteiger partial charge in [-0.25, -0.2) is 0 Å². The first kappa shape index (κ1) is 14.0. The summed E-state index contributed by atoms with van der Waals surface area (Å²) in [6.07, 6.45) is 2.58. The SMILES string of the molecule is Clc1ccccc1Nc1cnnc(N2CCc3ccccc32)n1. The summed E-state index contributed by atoms with van der Waals surface area (Å²) in [5.41, 5.74) is 3.24. The minimum atomic E-state index is 0.590. The molecule has 0 fully saturated rings. The van der Waals surface area contributed by atoms with E-state index in [4.69, 9.17) is 11.6 Å². The minimum Gasteiger partial charge on any atom is -0.338 e. The molecule has 3 aromatic rings. The third kappa shape index (κ3) is 2.71. The number of aromatic nitrogens is 3. The number of nitrogens with one attached hydrogen (secondary N) is 1. The van der Waals surface area contributed by atoms with Crippen molar-refractivity contribution in [2.45, 2.75) is 6.42 Å². The number of rotatable bonds is 3. The third-order valence-corrected chi connectivity index (χ3v) is 4.14. The van der Waals surface area contributed by atoms with Crippen LogP contribution in [0.4, 0.5) is 23.1 Å². The fraction of sp³-hybridized carbons (Fsp3) is 0.118. The van der Waals surface area contributed by atoms with E-state index in [9.17, 15) is 0 Å². The van der Waals surface area contributed by atoms with Gasteiger partial charge in [0, 0.05) is 12.2 Å². The maximum absolute atomic E-state index is 6.17. The van der Waals surface area contributed by atoms with Crippen LogP contribution in [0.2, 0.25) is 5.02 Å². The summed E-state index contributed by atoms with van der Waals surface area (Å²) in [6, 6.07) is 15.8. The molecular formula is C17H14ClN5. The molecule has 0 amide bonds. The summed E-state index contributed by atoms with van der Waals surface area (Å²) >= 11 is 6.17. The summed E-state index contributed by atoms with van der Waals surface area (Å²) in [7, 11) is 0. The Hall–Kier alpha value is -2.66. The number of halogens is 1. The average molecular weight is 324 g/mol. The van der Waals surface area contributed by atoms with Gasteiger partial charge >= 0.3 is 0 Å². The molecule has 6 heteroatoms. The van der Waals surface area contributed by atoms with Crippen molar-refractivity contribution in [1.82, 2.24) is 15.2 Å². The second-order valence-electron chi connectivity index (χ2n) is 5.28. The normalized spacial score (nSPS) is 13.0. The van der Waals surface area contributed by atoms with Gasteiger partial charge in [0.1, 0.15) is 0 Å². The Morgan fingerprint density at radius 2 is 1.87 bits per heavy atom. The Balaban J connectivity index is 1.64. The smallest absolute Gasteiger partial charge is 0.251 e. The number of hydrogen-bond acceptors (Lipinski definition) is 5. The van der Waals surface area contributed by atoms with E-state index < -0.39 is 0 Å². The maximum Gasteiger partial charge on any atom is 0.251 e. The molecule has 0 spiro atoms. The summed E-state index contributed by atoms with van der Waals surface area (Å²) in [5.74, 6) is 1.21. The number of nitrogens with zero attached hydrogens (tertiary/aromatic N) is 4. The van der Waals surface area contributed by atoms with Crippen molar-refractivity contribution in [3.8, 4) is 0 Å². The van der Waals surface area contributed by atoms with Gasteiger partial charge in [-0.05, 0) is 30.2 Å². The number of hydrogen-bond donors (Lipinski definition) is 1. The quantitative estimate of drug-likeness (QED) is 0.790. The lowest BCUT2D eigenvalue weighted by Gasteiger charge is -2.17. The average Bonchev–Trinajstić information content (AvgIpc) is 3.01. The van der Waals surface area contributed by atoms with Crippen molar-refractivity contribution >= 4 is 34.7 Å². The Bertz CT molecular complexity index is 852. The fourth-order valence-corrected chi connectivity index (χ4v) is 2.90. The van der Waals surface area contributed by atoms with Crippen LogP contribution in [0, 0.1) is 0 Å². The number of anilines is 4. The third-order valence-electron chi connectivity index (χ3n) is 3.81. The van der Waals surface area contributed by atoms with Gasteiger partial charge in [-0.15, -0.1) is 5.10 Å². The first-order chi connectivity index (χ1) is 11.3. The molecule has 4 rings (SSSR count). The fourth-order valence-electron chi connectivity index (χ4n) is 2.72. The zero-order valence-electron chi connectivity index (χ0n) is 12.3. The number of para-hydroxylation sites is 2. The van der Waals surface area contributed by atoms with Gasteiger partial charge in [0.05, 0.1) is 16.9 Å². The van der Waals surface area contributed by atoms with Gasteiger partial charge < -0.3 is 10.2 Å². The number of fused-ring (bicyclic) bond motifs is 1. The number of benzene rings is 2. The largest absolute Gasteiger partial charge is 0.338 e. The second-order valence-corrected chi connectivity index (χ2v) is 5.68. The highest BCUT2D eigenvalue weighted by Crippen LogP contribution is 2.32. The maximum atomic E-state index is 6.17. The van der Waals surface area contributed by atoms with Crippen LogP contribution in [0.15, 0.2) is 54.7 Å². The van der Waals surface area contributed by atoms with Crippen molar-refractivity contribution in [3.05, 3.63) is 65.3 Å². The molecule has 0 saturated heterocycles. The molecule has 1 aliphatic heterocycles. The molecule has 2 heterocycles. The van der Waals surface area contributed by atoms with Crippen molar-refractivity contribution in [2.75, 3.05) is 16.8 Å². The van der Waals surface area contributed by atoms with Crippen LogP contribution in [-0.2, 0) is 6.42 Å². The van der Waals surface area contributed by atoms with E-state index in [-0.39, 0.29) is 0 Å². The molecule has 1 N–H and O–H groups in total. The van der Waals surface area contributed by atoms with Gasteiger partial charge in [-0.3, -0.25) is 0 Å². The van der Waals surface area contributed by atoms with Crippen LogP contribution in [0.5, 0.6) is 0 Å². The molecule has 1 aromatic heterocycles. The van der Waals surface area contributed by atoms with Crippen molar-refractivity contribution in [1.29, 1.82) is 0 Å². The topological polar surface area (TPSA) is 53.9 Å². The molecule has 23 heavy (non-hydrogen) atoms. The summed E-state index contributed by atoms with van der Waals surface area (Å²) < 4.78 is 0. The molecule has 5 nitrogen and oxygen atoms in total. The molecular weight excluding hydrogens is 310 g/mol. The monoisotopic (exact) mass is 323 g/mol. The summed E-state index contributed by atoms with van der Waals surface area (Å²) in [6.45, 7) is 0.858. The lowest BCUT2D eigenvalue weighted by molar-refractivity contribution is 0.887. The van der Waals surface area contributed by atoms with Crippen LogP contribution in [0.3, 0.4) is 0 Å². The highest BCUT2D eigenvalue weighted by Gasteiger charge is 2.22. The first-order valence-corrected chi connectivity index (χ1v) is 7.76. The van der Waals surface area contributed by atoms with E-state index >= 15 is 0 Å². The molecule has 0 aliphatic carbocycles. The van der Waals surface area contributed by atoms with E-state index in [2.05, 4.69) is 43.6 Å². The Morgan fingerprint density at radius 1 is 1.04 bits per heavy atom. The van der Waals surface area contributed by atoms with E-state index in [0.717, 1.165) is 24.3 Å². The van der Waals surface area contributed by atoms with Gasteiger partial charge in [-0.1, -0.05) is 41.9 Å². The zero-order valence-corrected chi connectivity index (χ0v) is 13.0. The zero-order chi connectivity index (χ0) is 15.6. The summed E-state index contributed by atoms with van der Waals surface area (Å²) in [5, 5.41) is 12.1. The van der Waals surface area contributed by atoms with Crippen LogP contribution in [-0.4, -0.2) is 21.7 Å². The highest BCUT2D eigenvalue weighted by atomic mass is 35.5. The van der Waals surface area contributed by atoms with Gasteiger partial charge in [0.2, 0.25) is 0 Å². The first-order valence-electron chi connectivity index (χ1n) is 7.38. The molecule has 0 radical (unpaired) electrons. The van der Waals surface area contributed by atoms with Crippen molar-refractivity contribution in [3.63, 3.8) is 0 Å². The van der Waals surface area contributed by atoms with Crippen molar-refractivity contribution < 1.29 is 0 Å². The highest BCUT2D eigenvalue weighted by molar-refractivity contribution is 6.33. The van der Waals surface area contributed by atoms with Crippen LogP contribution < -0.4 is 10.2 Å². The van der Waals surface area contributed by atoms with Crippen molar-refractivity contribution in [2.24, 2.45) is 0 Å². The molecule has 114 valence electrons. The second kappa shape index (κ2) is 5.85. The van der Waals surface area contributed by atoms with E-state index in [1.807, 2.05) is 30.3 Å². The van der Waals surface area contributed by atoms with E-state index in [0.29, 0.717) is 16.8 Å². The molecule has 0 atom stereocenters. The molecule has 0 saturated carbocycles. The molecule has 0 unspecified atom stereocenters. The predicted octanol–water partition coefficient (Wildman–Crippen LogP) is 3.96. The lowest BCUT2D eigenvalue weighted by atomic mass is 10.2. The van der Waals surface area contributed by atoms with Crippen LogP contribution in [0.25, 0.3) is 0 Å². The molecule has 2 aromatic carbocycles. The van der Waals surface area contributed by atoms with E-state index in [1.54, 1.807) is 6.20 Å². The molecule has 0 bridgehead atoms. The van der Waals surface area contributed by atoms with Gasteiger partial charge in [0.25, 0.3) is 5.95 Å². The summed E-state index contributed by atoms with van der Waals surface area (Å²) in [4.78, 5) is 6.66. The van der Waals surface area contributed by atoms with Crippen LogP contribution >= 0.6 is 11.6 Å². The van der Waals surface area contributed by atoms with E-state index in [1.165, 1.54) is 5.56 Å². The standard InChI is InChI=1S/C17H14ClN5/c18-13-6-2-3-7-14(13)20-16-11-19-22-17(21-16)23-10-9-12-5-1-4-8-15(12)23/h1-8,11H,9-10H2,(H,20,21,22). The Labute approximate surface area is 139 Å². The predicted molar refractivity (Wildman–Crippen MR) is 91.7 cm³/mol. The van der Waals surface area contributed by atoms with Gasteiger partial charge in [0.15, 0.2) is 5.82 Å². The minimum absolute atomic E-state index is 0.590. The molecule has 1 aliphatic rings. The Morgan fingerprint density at radius 3 is 2.78 bits per heavy atom.